The number of allylic oxidation sites excluding steroid dienone is 1. The van der Waals surface area contributed by atoms with Crippen molar-refractivity contribution in [3.05, 3.63) is 36.2 Å². The number of hydrogen-bond acceptors (Lipinski definition) is 2. The van der Waals surface area contributed by atoms with Gasteiger partial charge in [0.15, 0.2) is 0 Å². The number of hydrogen-bond donors (Lipinski definition) is 1. The molecule has 1 heterocycles. The summed E-state index contributed by atoms with van der Waals surface area (Å²) >= 11 is 0. The predicted molar refractivity (Wildman–Crippen MR) is 56.4 cm³/mol. The fourth-order valence-corrected chi connectivity index (χ4v) is 1.14. The summed E-state index contributed by atoms with van der Waals surface area (Å²) in [7, 11) is 0. The van der Waals surface area contributed by atoms with Crippen LogP contribution in [0.15, 0.2) is 30.6 Å². The second kappa shape index (κ2) is 4.65. The Kier molecular flexibility index (Phi) is 3.50. The van der Waals surface area contributed by atoms with Crippen LogP contribution in [0.4, 0.5) is 5.69 Å². The van der Waals surface area contributed by atoms with Gasteiger partial charge in [0.2, 0.25) is 0 Å². The molecule has 1 aromatic heterocycles. The van der Waals surface area contributed by atoms with Crippen molar-refractivity contribution in [2.24, 2.45) is 0 Å². The standard InChI is InChI=1S/C11H16N2/c1-3-9(2)4-5-10-8-13-7-6-11(10)12/h6-8H,2-5H2,1H3,(H2,12,13). The monoisotopic (exact) mass is 176 g/mol. The summed E-state index contributed by atoms with van der Waals surface area (Å²) in [6, 6.07) is 1.84. The molecule has 0 atom stereocenters. The molecule has 0 aliphatic heterocycles. The molecule has 0 aliphatic rings. The molecule has 0 spiro atoms. The maximum atomic E-state index is 5.78. The van der Waals surface area contributed by atoms with Gasteiger partial charge >= 0.3 is 0 Å². The van der Waals surface area contributed by atoms with Crippen LogP contribution in [0.1, 0.15) is 25.3 Å². The molecule has 70 valence electrons. The molecule has 0 amide bonds. The zero-order valence-corrected chi connectivity index (χ0v) is 8.09. The Hall–Kier alpha value is -1.31. The third-order valence-electron chi connectivity index (χ3n) is 2.19. The van der Waals surface area contributed by atoms with Gasteiger partial charge in [-0.3, -0.25) is 4.98 Å². The minimum absolute atomic E-state index is 0.832. The van der Waals surface area contributed by atoms with Crippen molar-refractivity contribution in [3.8, 4) is 0 Å². The molecule has 13 heavy (non-hydrogen) atoms. The van der Waals surface area contributed by atoms with Gasteiger partial charge in [0.05, 0.1) is 0 Å². The van der Waals surface area contributed by atoms with Crippen LogP contribution in [0, 0.1) is 0 Å². The molecule has 2 N–H and O–H groups in total. The summed E-state index contributed by atoms with van der Waals surface area (Å²) in [5.41, 5.74) is 9.00. The summed E-state index contributed by atoms with van der Waals surface area (Å²) in [6.45, 7) is 6.08. The minimum Gasteiger partial charge on any atom is -0.398 e. The first kappa shape index (κ1) is 9.78. The van der Waals surface area contributed by atoms with Crippen molar-refractivity contribution >= 4 is 5.69 Å². The van der Waals surface area contributed by atoms with Gasteiger partial charge in [-0.25, -0.2) is 0 Å². The van der Waals surface area contributed by atoms with Crippen LogP contribution < -0.4 is 5.73 Å². The fourth-order valence-electron chi connectivity index (χ4n) is 1.14. The molecule has 0 radical (unpaired) electrons. The highest BCUT2D eigenvalue weighted by atomic mass is 14.7. The molecule has 0 fully saturated rings. The van der Waals surface area contributed by atoms with E-state index < -0.39 is 0 Å². The number of pyridine rings is 1. The molecule has 0 unspecified atom stereocenters. The number of nitrogens with two attached hydrogens (primary N) is 1. The van der Waals surface area contributed by atoms with Crippen LogP contribution >= 0.6 is 0 Å². The topological polar surface area (TPSA) is 38.9 Å². The van der Waals surface area contributed by atoms with Crippen LogP contribution in [0.5, 0.6) is 0 Å². The van der Waals surface area contributed by atoms with E-state index in [1.54, 1.807) is 6.20 Å². The highest BCUT2D eigenvalue weighted by Gasteiger charge is 1.98. The van der Waals surface area contributed by atoms with E-state index in [1.165, 1.54) is 5.57 Å². The van der Waals surface area contributed by atoms with E-state index >= 15 is 0 Å². The van der Waals surface area contributed by atoms with Crippen molar-refractivity contribution in [1.29, 1.82) is 0 Å². The van der Waals surface area contributed by atoms with Crippen molar-refractivity contribution < 1.29 is 0 Å². The third kappa shape index (κ3) is 2.90. The Bertz CT molecular complexity index is 292. The SMILES string of the molecule is C=C(CC)CCc1cnccc1N. The molecule has 1 rings (SSSR count). The highest BCUT2D eigenvalue weighted by Crippen LogP contribution is 2.14. The van der Waals surface area contributed by atoms with E-state index in [9.17, 15) is 0 Å². The average molecular weight is 176 g/mol. The average Bonchev–Trinajstić information content (AvgIpc) is 2.16. The Morgan fingerprint density at radius 1 is 1.62 bits per heavy atom. The first-order valence-electron chi connectivity index (χ1n) is 4.59. The molecule has 2 heteroatoms. The van der Waals surface area contributed by atoms with Crippen molar-refractivity contribution in [2.75, 3.05) is 5.73 Å². The molecular weight excluding hydrogens is 160 g/mol. The van der Waals surface area contributed by atoms with E-state index in [-0.39, 0.29) is 0 Å². The zero-order valence-electron chi connectivity index (χ0n) is 8.09. The van der Waals surface area contributed by atoms with Gasteiger partial charge in [-0.2, -0.15) is 0 Å². The number of aromatic nitrogens is 1. The largest absolute Gasteiger partial charge is 0.398 e. The highest BCUT2D eigenvalue weighted by molar-refractivity contribution is 5.44. The Morgan fingerprint density at radius 3 is 3.00 bits per heavy atom. The minimum atomic E-state index is 0.832. The van der Waals surface area contributed by atoms with Crippen LogP contribution in [-0.2, 0) is 6.42 Å². The molecule has 0 aliphatic carbocycles. The van der Waals surface area contributed by atoms with Gasteiger partial charge in [0, 0.05) is 18.1 Å². The molecule has 0 bridgehead atoms. The van der Waals surface area contributed by atoms with Crippen LogP contribution in [0.2, 0.25) is 0 Å². The molecule has 1 aromatic rings. The molecule has 2 nitrogen and oxygen atoms in total. The number of rotatable bonds is 4. The van der Waals surface area contributed by atoms with Crippen LogP contribution in [-0.4, -0.2) is 4.98 Å². The number of anilines is 1. The van der Waals surface area contributed by atoms with Gasteiger partial charge in [-0.1, -0.05) is 19.1 Å². The van der Waals surface area contributed by atoms with Gasteiger partial charge in [-0.05, 0) is 30.9 Å². The lowest BCUT2D eigenvalue weighted by Gasteiger charge is -2.04. The zero-order chi connectivity index (χ0) is 9.68. The van der Waals surface area contributed by atoms with Gasteiger partial charge in [-0.15, -0.1) is 0 Å². The number of nitrogen functional groups attached to an aromatic ring is 1. The van der Waals surface area contributed by atoms with E-state index in [4.69, 9.17) is 5.73 Å². The molecular formula is C11H16N2. The predicted octanol–water partition coefficient (Wildman–Crippen LogP) is 2.56. The summed E-state index contributed by atoms with van der Waals surface area (Å²) in [5.74, 6) is 0. The van der Waals surface area contributed by atoms with Gasteiger partial charge < -0.3 is 5.73 Å². The van der Waals surface area contributed by atoms with Crippen molar-refractivity contribution in [1.82, 2.24) is 4.98 Å². The number of nitrogens with zero attached hydrogens (tertiary/aromatic N) is 1. The van der Waals surface area contributed by atoms with Crippen LogP contribution in [0.25, 0.3) is 0 Å². The Balaban J connectivity index is 2.54. The van der Waals surface area contributed by atoms with E-state index in [0.717, 1.165) is 30.5 Å². The molecule has 0 saturated carbocycles. The first-order chi connectivity index (χ1) is 6.24. The summed E-state index contributed by atoms with van der Waals surface area (Å²) in [6.07, 6.45) is 6.55. The lowest BCUT2D eigenvalue weighted by Crippen LogP contribution is -1.95. The van der Waals surface area contributed by atoms with E-state index in [0.29, 0.717) is 0 Å². The van der Waals surface area contributed by atoms with Crippen molar-refractivity contribution in [2.45, 2.75) is 26.2 Å². The van der Waals surface area contributed by atoms with E-state index in [2.05, 4.69) is 18.5 Å². The second-order valence-corrected chi connectivity index (χ2v) is 3.18. The summed E-state index contributed by atoms with van der Waals surface area (Å²) in [5, 5.41) is 0. The molecule has 0 saturated heterocycles. The lowest BCUT2D eigenvalue weighted by atomic mass is 10.0. The molecule has 0 aromatic carbocycles. The summed E-state index contributed by atoms with van der Waals surface area (Å²) < 4.78 is 0. The number of aryl methyl sites for hydroxylation is 1. The smallest absolute Gasteiger partial charge is 0.0377 e. The Morgan fingerprint density at radius 2 is 2.38 bits per heavy atom. The quantitative estimate of drug-likeness (QED) is 0.716. The Labute approximate surface area is 79.5 Å². The first-order valence-corrected chi connectivity index (χ1v) is 4.59. The lowest BCUT2D eigenvalue weighted by molar-refractivity contribution is 0.887. The maximum Gasteiger partial charge on any atom is 0.0377 e. The van der Waals surface area contributed by atoms with E-state index in [1.807, 2.05) is 12.3 Å². The van der Waals surface area contributed by atoms with Crippen LogP contribution in [0.3, 0.4) is 0 Å². The summed E-state index contributed by atoms with van der Waals surface area (Å²) in [4.78, 5) is 4.04. The van der Waals surface area contributed by atoms with Crippen molar-refractivity contribution in [3.63, 3.8) is 0 Å². The maximum absolute atomic E-state index is 5.78. The normalized spacial score (nSPS) is 9.92. The fraction of sp³-hybridized carbons (Fsp3) is 0.364. The van der Waals surface area contributed by atoms with Gasteiger partial charge in [0.1, 0.15) is 0 Å². The second-order valence-electron chi connectivity index (χ2n) is 3.18. The third-order valence-corrected chi connectivity index (χ3v) is 2.19. The van der Waals surface area contributed by atoms with Gasteiger partial charge in [0.25, 0.3) is 0 Å².